The molecule has 2 fully saturated rings. The van der Waals surface area contributed by atoms with Crippen molar-refractivity contribution < 1.29 is 19.7 Å². The van der Waals surface area contributed by atoms with Gasteiger partial charge in [0.1, 0.15) is 16.4 Å². The van der Waals surface area contributed by atoms with Crippen LogP contribution in [0.1, 0.15) is 56.0 Å². The quantitative estimate of drug-likeness (QED) is 0.658. The van der Waals surface area contributed by atoms with Gasteiger partial charge in [-0.1, -0.05) is 0 Å². The van der Waals surface area contributed by atoms with E-state index in [0.29, 0.717) is 12.8 Å². The molecule has 3 aliphatic rings. The van der Waals surface area contributed by atoms with Gasteiger partial charge in [-0.2, -0.15) is 0 Å². The molecule has 2 aliphatic heterocycles. The molecular formula is C23H29N3O4S. The SMILES string of the molecule is CC1CCc2c(ccc(-c3csc(C4(O)CCNCC4)n3)c2OC2CCC2)N1C(=O)O. The number of hydrogen-bond acceptors (Lipinski definition) is 6. The first-order chi connectivity index (χ1) is 15.0. The molecule has 0 bridgehead atoms. The lowest BCUT2D eigenvalue weighted by Gasteiger charge is -2.36. The Kier molecular flexibility index (Phi) is 5.40. The topological polar surface area (TPSA) is 94.9 Å². The van der Waals surface area contributed by atoms with Gasteiger partial charge < -0.3 is 20.3 Å². The molecule has 1 amide bonds. The van der Waals surface area contributed by atoms with Crippen molar-refractivity contribution in [3.63, 3.8) is 0 Å². The molecule has 1 aromatic heterocycles. The third kappa shape index (κ3) is 3.70. The van der Waals surface area contributed by atoms with E-state index in [1.807, 2.05) is 24.4 Å². The van der Waals surface area contributed by atoms with Crippen molar-refractivity contribution in [2.75, 3.05) is 18.0 Å². The number of anilines is 1. The van der Waals surface area contributed by atoms with Crippen LogP contribution in [-0.2, 0) is 12.0 Å². The lowest BCUT2D eigenvalue weighted by atomic mass is 9.91. The highest BCUT2D eigenvalue weighted by Gasteiger charge is 2.36. The summed E-state index contributed by atoms with van der Waals surface area (Å²) in [4.78, 5) is 18.2. The van der Waals surface area contributed by atoms with Crippen LogP contribution in [0, 0.1) is 0 Å². The van der Waals surface area contributed by atoms with Gasteiger partial charge >= 0.3 is 6.09 Å². The van der Waals surface area contributed by atoms with Gasteiger partial charge in [-0.15, -0.1) is 11.3 Å². The Morgan fingerprint density at radius 1 is 1.29 bits per heavy atom. The number of rotatable bonds is 4. The van der Waals surface area contributed by atoms with Crippen LogP contribution in [0.3, 0.4) is 0 Å². The summed E-state index contributed by atoms with van der Waals surface area (Å²) in [6.45, 7) is 3.51. The molecule has 3 N–H and O–H groups in total. The van der Waals surface area contributed by atoms with Crippen LogP contribution >= 0.6 is 11.3 Å². The Bertz CT molecular complexity index is 981. The predicted molar refractivity (Wildman–Crippen MR) is 120 cm³/mol. The summed E-state index contributed by atoms with van der Waals surface area (Å²) in [5.41, 5.74) is 2.49. The summed E-state index contributed by atoms with van der Waals surface area (Å²) in [5.74, 6) is 0.773. The number of carboxylic acid groups (broad SMARTS) is 1. The molecule has 7 nitrogen and oxygen atoms in total. The highest BCUT2D eigenvalue weighted by atomic mass is 32.1. The highest BCUT2D eigenvalue weighted by molar-refractivity contribution is 7.10. The first-order valence-electron chi connectivity index (χ1n) is 11.2. The van der Waals surface area contributed by atoms with Gasteiger partial charge in [-0.05, 0) is 77.1 Å². The van der Waals surface area contributed by atoms with Crippen molar-refractivity contribution in [1.82, 2.24) is 10.3 Å². The first-order valence-corrected chi connectivity index (χ1v) is 12.1. The molecule has 1 unspecified atom stereocenters. The van der Waals surface area contributed by atoms with E-state index in [0.717, 1.165) is 78.5 Å². The molecule has 166 valence electrons. The fourth-order valence-electron chi connectivity index (χ4n) is 4.75. The number of ether oxygens (including phenoxy) is 1. The number of aromatic nitrogens is 1. The predicted octanol–water partition coefficient (Wildman–Crippen LogP) is 4.13. The molecular weight excluding hydrogens is 414 g/mol. The maximum Gasteiger partial charge on any atom is 0.412 e. The summed E-state index contributed by atoms with van der Waals surface area (Å²) in [6.07, 6.45) is 5.31. The van der Waals surface area contributed by atoms with Crippen LogP contribution in [0.25, 0.3) is 11.3 Å². The second-order valence-corrected chi connectivity index (χ2v) is 9.83. The lowest BCUT2D eigenvalue weighted by Crippen LogP contribution is -2.41. The lowest BCUT2D eigenvalue weighted by molar-refractivity contribution is 0.00581. The summed E-state index contributed by atoms with van der Waals surface area (Å²) in [6, 6.07) is 3.76. The van der Waals surface area contributed by atoms with E-state index in [4.69, 9.17) is 9.72 Å². The van der Waals surface area contributed by atoms with Crippen LogP contribution in [0.15, 0.2) is 17.5 Å². The minimum Gasteiger partial charge on any atom is -0.489 e. The van der Waals surface area contributed by atoms with E-state index in [1.54, 1.807) is 0 Å². The van der Waals surface area contributed by atoms with E-state index in [9.17, 15) is 15.0 Å². The minimum absolute atomic E-state index is 0.0626. The van der Waals surface area contributed by atoms with Gasteiger partial charge in [0.05, 0.1) is 17.5 Å². The molecule has 2 aromatic rings. The van der Waals surface area contributed by atoms with E-state index in [1.165, 1.54) is 16.2 Å². The minimum atomic E-state index is -0.931. The Hall–Kier alpha value is -2.16. The normalized spacial score (nSPS) is 23.2. The van der Waals surface area contributed by atoms with E-state index < -0.39 is 11.7 Å². The Morgan fingerprint density at radius 2 is 2.06 bits per heavy atom. The van der Waals surface area contributed by atoms with Crippen LogP contribution in [0.4, 0.5) is 10.5 Å². The molecule has 5 rings (SSSR count). The third-order valence-electron chi connectivity index (χ3n) is 6.90. The first kappa shape index (κ1) is 20.7. The number of nitrogens with zero attached hydrogens (tertiary/aromatic N) is 2. The van der Waals surface area contributed by atoms with Crippen molar-refractivity contribution in [1.29, 1.82) is 0 Å². The average molecular weight is 444 g/mol. The monoisotopic (exact) mass is 443 g/mol. The van der Waals surface area contributed by atoms with Gasteiger partial charge in [0.2, 0.25) is 0 Å². The number of piperidine rings is 1. The standard InChI is InChI=1S/C23H29N3O4S/c1-14-5-6-17-19(26(14)22(27)28)8-7-16(20(17)30-15-3-2-4-15)18-13-31-21(25-18)23(29)9-11-24-12-10-23/h7-8,13-15,24,29H,2-6,9-12H2,1H3,(H,27,28). The van der Waals surface area contributed by atoms with Crippen LogP contribution in [0.5, 0.6) is 5.75 Å². The number of amides is 1. The zero-order valence-corrected chi connectivity index (χ0v) is 18.6. The smallest absolute Gasteiger partial charge is 0.412 e. The number of hydrogen-bond donors (Lipinski definition) is 3. The van der Waals surface area contributed by atoms with Crippen molar-refractivity contribution >= 4 is 23.1 Å². The zero-order valence-electron chi connectivity index (χ0n) is 17.8. The van der Waals surface area contributed by atoms with Crippen LogP contribution in [0.2, 0.25) is 0 Å². The molecule has 1 aromatic carbocycles. The molecule has 3 heterocycles. The van der Waals surface area contributed by atoms with Gasteiger partial charge in [-0.25, -0.2) is 9.78 Å². The largest absolute Gasteiger partial charge is 0.489 e. The third-order valence-corrected chi connectivity index (χ3v) is 7.94. The molecule has 31 heavy (non-hydrogen) atoms. The summed E-state index contributed by atoms with van der Waals surface area (Å²) in [5, 5.41) is 26.9. The summed E-state index contributed by atoms with van der Waals surface area (Å²) in [7, 11) is 0. The maximum atomic E-state index is 11.9. The second kappa shape index (κ2) is 8.07. The number of thiazole rings is 1. The van der Waals surface area contributed by atoms with Crippen molar-refractivity contribution in [3.05, 3.63) is 28.1 Å². The molecule has 1 atom stereocenters. The zero-order chi connectivity index (χ0) is 21.6. The average Bonchev–Trinajstić information content (AvgIpc) is 3.21. The van der Waals surface area contributed by atoms with E-state index in [2.05, 4.69) is 5.32 Å². The number of nitrogens with one attached hydrogen (secondary N) is 1. The fourth-order valence-corrected chi connectivity index (χ4v) is 5.73. The van der Waals surface area contributed by atoms with Gasteiger partial charge in [0, 0.05) is 22.5 Å². The number of fused-ring (bicyclic) bond motifs is 1. The number of carbonyl (C=O) groups is 1. The van der Waals surface area contributed by atoms with Crippen LogP contribution < -0.4 is 15.0 Å². The van der Waals surface area contributed by atoms with E-state index in [-0.39, 0.29) is 12.1 Å². The van der Waals surface area contributed by atoms with Gasteiger partial charge in [0.25, 0.3) is 0 Å². The molecule has 1 saturated heterocycles. The summed E-state index contributed by atoms with van der Waals surface area (Å²) >= 11 is 1.49. The molecule has 0 radical (unpaired) electrons. The van der Waals surface area contributed by atoms with Crippen molar-refractivity contribution in [3.8, 4) is 17.0 Å². The molecule has 1 aliphatic carbocycles. The molecule has 8 heteroatoms. The second-order valence-electron chi connectivity index (χ2n) is 8.97. The Morgan fingerprint density at radius 3 is 2.74 bits per heavy atom. The number of aliphatic hydroxyl groups is 1. The highest BCUT2D eigenvalue weighted by Crippen LogP contribution is 2.45. The maximum absolute atomic E-state index is 11.9. The summed E-state index contributed by atoms with van der Waals surface area (Å²) < 4.78 is 6.45. The van der Waals surface area contributed by atoms with Crippen molar-refractivity contribution in [2.24, 2.45) is 0 Å². The Balaban J connectivity index is 1.57. The van der Waals surface area contributed by atoms with Crippen molar-refractivity contribution in [2.45, 2.75) is 69.6 Å². The molecule has 1 saturated carbocycles. The Labute approximate surface area is 186 Å². The van der Waals surface area contributed by atoms with Gasteiger partial charge in [0.15, 0.2) is 0 Å². The fraction of sp³-hybridized carbons (Fsp3) is 0.565. The van der Waals surface area contributed by atoms with Gasteiger partial charge in [-0.3, -0.25) is 4.90 Å². The van der Waals surface area contributed by atoms with E-state index >= 15 is 0 Å². The number of benzene rings is 1. The van der Waals surface area contributed by atoms with Crippen LogP contribution in [-0.4, -0.2) is 46.5 Å². The molecule has 0 spiro atoms.